The van der Waals surface area contributed by atoms with Crippen molar-refractivity contribution in [1.29, 1.82) is 0 Å². The van der Waals surface area contributed by atoms with E-state index in [1.54, 1.807) is 17.0 Å². The zero-order valence-electron chi connectivity index (χ0n) is 19.1. The highest BCUT2D eigenvalue weighted by Crippen LogP contribution is 2.38. The van der Waals surface area contributed by atoms with Crippen molar-refractivity contribution in [3.8, 4) is 0 Å². The van der Waals surface area contributed by atoms with E-state index in [1.165, 1.54) is 0 Å². The lowest BCUT2D eigenvalue weighted by Crippen LogP contribution is -2.36. The van der Waals surface area contributed by atoms with Crippen LogP contribution in [0.25, 0.3) is 0 Å². The van der Waals surface area contributed by atoms with E-state index in [0.717, 1.165) is 41.2 Å². The summed E-state index contributed by atoms with van der Waals surface area (Å²) < 4.78 is 38.3. The van der Waals surface area contributed by atoms with Crippen LogP contribution in [-0.4, -0.2) is 29.3 Å². The number of urea groups is 1. The quantitative estimate of drug-likeness (QED) is 0.425. The number of carbonyl (C=O) groups is 3. The number of carbonyl (C=O) groups excluding carboxylic acids is 3. The molecule has 0 aliphatic carbocycles. The summed E-state index contributed by atoms with van der Waals surface area (Å²) in [6.07, 6.45) is -4.13. The Balaban J connectivity index is 1.31. The largest absolute Gasteiger partial charge is 0.416 e. The summed E-state index contributed by atoms with van der Waals surface area (Å²) in [6, 6.07) is 8.46. The molecule has 1 aromatic heterocycles. The molecule has 9 nitrogen and oxygen atoms in total. The van der Waals surface area contributed by atoms with Crippen molar-refractivity contribution in [1.82, 2.24) is 4.90 Å². The fourth-order valence-corrected chi connectivity index (χ4v) is 5.49. The topological polar surface area (TPSA) is 129 Å². The van der Waals surface area contributed by atoms with Gasteiger partial charge >= 0.3 is 12.2 Å². The lowest BCUT2D eigenvalue weighted by Gasteiger charge is -2.27. The summed E-state index contributed by atoms with van der Waals surface area (Å²) in [7, 11) is 0. The van der Waals surface area contributed by atoms with Gasteiger partial charge in [-0.3, -0.25) is 14.9 Å². The predicted octanol–water partition coefficient (Wildman–Crippen LogP) is 5.31. The summed E-state index contributed by atoms with van der Waals surface area (Å²) in [5.74, 6) is -0.926. The van der Waals surface area contributed by atoms with Crippen LogP contribution in [0.5, 0.6) is 0 Å². The molecule has 3 heterocycles. The third kappa shape index (κ3) is 4.89. The van der Waals surface area contributed by atoms with E-state index in [1.807, 2.05) is 6.07 Å². The number of rotatable bonds is 4. The van der Waals surface area contributed by atoms with Crippen LogP contribution in [0.15, 0.2) is 52.7 Å². The van der Waals surface area contributed by atoms with Crippen molar-refractivity contribution in [3.63, 3.8) is 0 Å². The van der Waals surface area contributed by atoms with Crippen molar-refractivity contribution in [2.75, 3.05) is 17.2 Å². The Labute approximate surface area is 212 Å². The number of nitrogens with one attached hydrogen (secondary N) is 2. The molecule has 2 aromatic carbocycles. The molecule has 37 heavy (non-hydrogen) atoms. The van der Waals surface area contributed by atoms with Gasteiger partial charge in [-0.05, 0) is 48.4 Å². The minimum Gasteiger partial charge on any atom is -0.365 e. The Morgan fingerprint density at radius 2 is 1.81 bits per heavy atom. The second-order valence-electron chi connectivity index (χ2n) is 8.45. The maximum Gasteiger partial charge on any atom is 0.416 e. The van der Waals surface area contributed by atoms with E-state index in [2.05, 4.69) is 20.9 Å². The Kier molecular flexibility index (Phi) is 6.15. The lowest BCUT2D eigenvalue weighted by atomic mass is 10.0. The zero-order valence-corrected chi connectivity index (χ0v) is 19.9. The highest BCUT2D eigenvalue weighted by atomic mass is 32.1. The molecule has 0 unspecified atom stereocenters. The lowest BCUT2D eigenvalue weighted by molar-refractivity contribution is -0.137. The normalized spacial score (nSPS) is 14.2. The van der Waals surface area contributed by atoms with Gasteiger partial charge in [0.05, 0.1) is 29.9 Å². The molecule has 2 aliphatic heterocycles. The summed E-state index contributed by atoms with van der Waals surface area (Å²) in [4.78, 5) is 40.2. The van der Waals surface area contributed by atoms with E-state index in [-0.39, 0.29) is 28.7 Å². The number of nitrogens with zero attached hydrogens (tertiary/aromatic N) is 3. The fraction of sp³-hybridized carbons (Fsp3) is 0.208. The summed E-state index contributed by atoms with van der Waals surface area (Å²) in [5, 5.41) is 13.2. The van der Waals surface area contributed by atoms with Gasteiger partial charge in [0.25, 0.3) is 11.8 Å². The average molecular weight is 529 g/mol. The van der Waals surface area contributed by atoms with E-state index in [9.17, 15) is 27.6 Å². The maximum absolute atomic E-state index is 13.1. The molecular weight excluding hydrogens is 509 g/mol. The molecule has 0 saturated heterocycles. The Morgan fingerprint density at radius 1 is 1.05 bits per heavy atom. The first-order valence-electron chi connectivity index (χ1n) is 11.1. The third-order valence-electron chi connectivity index (χ3n) is 6.04. The standard InChI is InChI=1S/C24H19F3N6O3S/c25-24(26,27)14-3-5-15(6-4-14)30-23(36)31-21-19(20(28)34)16-7-8-33(11-18(16)37-21)22(35)12-1-2-13-10-29-32-17(13)9-12/h1-6,9H,7-8,10-11H2,(H2,28,34)(H2,30,31,36). The van der Waals surface area contributed by atoms with Gasteiger partial charge in [-0.25, -0.2) is 4.79 Å². The predicted molar refractivity (Wildman–Crippen MR) is 130 cm³/mol. The van der Waals surface area contributed by atoms with Crippen LogP contribution in [-0.2, 0) is 25.7 Å². The molecule has 3 aromatic rings. The fourth-order valence-electron chi connectivity index (χ4n) is 4.23. The first-order chi connectivity index (χ1) is 17.6. The third-order valence-corrected chi connectivity index (χ3v) is 7.17. The number of halogens is 3. The van der Waals surface area contributed by atoms with Crippen molar-refractivity contribution in [2.24, 2.45) is 16.0 Å². The minimum absolute atomic E-state index is 0.137. The van der Waals surface area contributed by atoms with Crippen LogP contribution < -0.4 is 16.4 Å². The Bertz CT molecular complexity index is 1450. The molecule has 4 N–H and O–H groups in total. The number of anilines is 2. The number of thiophene rings is 1. The molecule has 0 radical (unpaired) electrons. The van der Waals surface area contributed by atoms with Crippen molar-refractivity contribution in [2.45, 2.75) is 25.7 Å². The summed E-state index contributed by atoms with van der Waals surface area (Å²) >= 11 is 1.12. The van der Waals surface area contributed by atoms with Crippen LogP contribution in [0.1, 0.15) is 42.3 Å². The molecule has 0 saturated carbocycles. The SMILES string of the molecule is NC(=O)c1c(NC(=O)Nc2ccc(C(F)(F)F)cc2)sc2c1CCN(C(=O)c1ccc3c(c1)N=NC3)C2. The molecule has 0 spiro atoms. The summed E-state index contributed by atoms with van der Waals surface area (Å²) in [5.41, 5.74) is 7.81. The molecule has 0 fully saturated rings. The van der Waals surface area contributed by atoms with Crippen molar-refractivity contribution >= 4 is 45.6 Å². The molecule has 13 heteroatoms. The van der Waals surface area contributed by atoms with Crippen LogP contribution in [0, 0.1) is 0 Å². The number of hydrogen-bond acceptors (Lipinski definition) is 6. The van der Waals surface area contributed by atoms with Gasteiger partial charge in [0.2, 0.25) is 0 Å². The first kappa shape index (κ1) is 24.4. The number of hydrogen-bond donors (Lipinski definition) is 3. The van der Waals surface area contributed by atoms with Crippen LogP contribution in [0.3, 0.4) is 0 Å². The number of benzene rings is 2. The van der Waals surface area contributed by atoms with Gasteiger partial charge in [0.15, 0.2) is 0 Å². The van der Waals surface area contributed by atoms with Crippen molar-refractivity contribution < 1.29 is 27.6 Å². The number of primary amides is 1. The zero-order chi connectivity index (χ0) is 26.3. The highest BCUT2D eigenvalue weighted by molar-refractivity contribution is 7.17. The Morgan fingerprint density at radius 3 is 2.51 bits per heavy atom. The second kappa shape index (κ2) is 9.32. The van der Waals surface area contributed by atoms with Crippen LogP contribution in [0.4, 0.5) is 34.3 Å². The van der Waals surface area contributed by atoms with Crippen molar-refractivity contribution in [3.05, 3.63) is 75.2 Å². The van der Waals surface area contributed by atoms with E-state index < -0.39 is 23.7 Å². The van der Waals surface area contributed by atoms with Crippen LogP contribution >= 0.6 is 11.3 Å². The number of amides is 4. The molecule has 5 rings (SSSR count). The second-order valence-corrected chi connectivity index (χ2v) is 9.55. The number of azo groups is 1. The number of fused-ring (bicyclic) bond motifs is 2. The summed E-state index contributed by atoms with van der Waals surface area (Å²) in [6.45, 7) is 1.06. The van der Waals surface area contributed by atoms with Gasteiger partial charge in [0.1, 0.15) is 5.00 Å². The molecule has 4 amide bonds. The monoisotopic (exact) mass is 528 g/mol. The van der Waals surface area contributed by atoms with Gasteiger partial charge in [-0.2, -0.15) is 23.4 Å². The molecule has 2 aliphatic rings. The van der Waals surface area contributed by atoms with E-state index in [4.69, 9.17) is 5.73 Å². The Hall–Kier alpha value is -4.26. The van der Waals surface area contributed by atoms with Gasteiger partial charge in [0, 0.05) is 28.2 Å². The van der Waals surface area contributed by atoms with Crippen LogP contribution in [0.2, 0.25) is 0 Å². The van der Waals surface area contributed by atoms with E-state index >= 15 is 0 Å². The van der Waals surface area contributed by atoms with Gasteiger partial charge < -0.3 is 16.0 Å². The maximum atomic E-state index is 13.1. The molecule has 0 bridgehead atoms. The van der Waals surface area contributed by atoms with E-state index in [0.29, 0.717) is 41.2 Å². The molecule has 190 valence electrons. The smallest absolute Gasteiger partial charge is 0.365 e. The molecule has 0 atom stereocenters. The van der Waals surface area contributed by atoms with Gasteiger partial charge in [-0.15, -0.1) is 11.3 Å². The average Bonchev–Trinajstić information content (AvgIpc) is 3.46. The minimum atomic E-state index is -4.49. The number of alkyl halides is 3. The highest BCUT2D eigenvalue weighted by Gasteiger charge is 2.31. The number of nitrogens with two attached hydrogens (primary N) is 1. The van der Waals surface area contributed by atoms with Gasteiger partial charge in [-0.1, -0.05) is 6.07 Å². The molecular formula is C24H19F3N6O3S. The first-order valence-corrected chi connectivity index (χ1v) is 11.9.